The van der Waals surface area contributed by atoms with E-state index >= 15 is 0 Å². The molecule has 1 heterocycles. The molecule has 1 aliphatic heterocycles. The number of hydrogen-bond acceptors (Lipinski definition) is 4. The van der Waals surface area contributed by atoms with Crippen molar-refractivity contribution in [2.75, 3.05) is 38.3 Å². The molecule has 0 radical (unpaired) electrons. The maximum atomic E-state index is 12.5. The maximum Gasteiger partial charge on any atom is 0.230 e. The second-order valence-electron chi connectivity index (χ2n) is 4.99. The van der Waals surface area contributed by atoms with Gasteiger partial charge < -0.3 is 15.4 Å². The van der Waals surface area contributed by atoms with Crippen LogP contribution in [0.1, 0.15) is 19.3 Å². The van der Waals surface area contributed by atoms with E-state index in [-0.39, 0.29) is 11.3 Å². The summed E-state index contributed by atoms with van der Waals surface area (Å²) < 4.78 is 5.12. The molecule has 0 bridgehead atoms. The van der Waals surface area contributed by atoms with Crippen molar-refractivity contribution in [2.24, 2.45) is 11.1 Å². The molecule has 0 spiro atoms. The third kappa shape index (κ3) is 2.77. The summed E-state index contributed by atoms with van der Waals surface area (Å²) in [6.07, 6.45) is 3.04. The van der Waals surface area contributed by atoms with Gasteiger partial charge in [-0.25, -0.2) is 0 Å². The molecule has 0 aromatic heterocycles. The number of ether oxygens (including phenoxy) is 1. The van der Waals surface area contributed by atoms with Crippen LogP contribution < -0.4 is 5.73 Å². The van der Waals surface area contributed by atoms with Crippen LogP contribution in [0.5, 0.6) is 0 Å². The van der Waals surface area contributed by atoms with Crippen LogP contribution in [0, 0.1) is 5.41 Å². The zero-order chi connectivity index (χ0) is 12.3. The highest BCUT2D eigenvalue weighted by Crippen LogP contribution is 2.46. The molecule has 2 fully saturated rings. The lowest BCUT2D eigenvalue weighted by Crippen LogP contribution is -2.47. The van der Waals surface area contributed by atoms with E-state index in [1.54, 1.807) is 7.11 Å². The molecule has 1 saturated heterocycles. The van der Waals surface area contributed by atoms with E-state index in [2.05, 4.69) is 0 Å². The molecule has 4 nitrogen and oxygen atoms in total. The molecule has 5 heteroatoms. The fraction of sp³-hybridized carbons (Fsp3) is 0.917. The van der Waals surface area contributed by atoms with Crippen molar-refractivity contribution in [1.82, 2.24) is 4.90 Å². The minimum absolute atomic E-state index is 0.221. The van der Waals surface area contributed by atoms with E-state index in [4.69, 9.17) is 10.5 Å². The Kier molecular flexibility index (Phi) is 4.33. The van der Waals surface area contributed by atoms with Crippen molar-refractivity contribution >= 4 is 17.7 Å². The average molecular weight is 258 g/mol. The van der Waals surface area contributed by atoms with Crippen LogP contribution in [-0.2, 0) is 9.53 Å². The van der Waals surface area contributed by atoms with E-state index in [0.717, 1.165) is 30.8 Å². The molecule has 1 atom stereocenters. The number of amides is 1. The summed E-state index contributed by atoms with van der Waals surface area (Å²) in [7, 11) is 1.68. The number of methoxy groups -OCH3 is 1. The number of nitrogens with two attached hydrogens (primary N) is 1. The minimum atomic E-state index is -0.221. The van der Waals surface area contributed by atoms with Gasteiger partial charge in [0.2, 0.25) is 5.91 Å². The van der Waals surface area contributed by atoms with Crippen LogP contribution in [0.25, 0.3) is 0 Å². The van der Waals surface area contributed by atoms with Crippen molar-refractivity contribution in [3.8, 4) is 0 Å². The lowest BCUT2D eigenvalue weighted by Gasteiger charge is -2.31. The Balaban J connectivity index is 2.01. The first-order chi connectivity index (χ1) is 8.23. The lowest BCUT2D eigenvalue weighted by atomic mass is 10.0. The van der Waals surface area contributed by atoms with Gasteiger partial charge in [-0.15, -0.1) is 0 Å². The predicted molar refractivity (Wildman–Crippen MR) is 70.0 cm³/mol. The van der Waals surface area contributed by atoms with Crippen LogP contribution in [0.4, 0.5) is 0 Å². The molecule has 2 N–H and O–H groups in total. The monoisotopic (exact) mass is 258 g/mol. The van der Waals surface area contributed by atoms with Crippen molar-refractivity contribution in [1.29, 1.82) is 0 Å². The molecule has 1 saturated carbocycles. The van der Waals surface area contributed by atoms with Gasteiger partial charge in [0.25, 0.3) is 0 Å². The van der Waals surface area contributed by atoms with Gasteiger partial charge in [0.1, 0.15) is 0 Å². The summed E-state index contributed by atoms with van der Waals surface area (Å²) >= 11 is 1.93. The predicted octanol–water partition coefficient (Wildman–Crippen LogP) is 0.706. The van der Waals surface area contributed by atoms with Gasteiger partial charge in [-0.2, -0.15) is 11.8 Å². The van der Waals surface area contributed by atoms with Gasteiger partial charge in [0, 0.05) is 32.0 Å². The van der Waals surface area contributed by atoms with E-state index in [1.807, 2.05) is 16.7 Å². The van der Waals surface area contributed by atoms with Crippen LogP contribution in [0.2, 0.25) is 0 Å². The van der Waals surface area contributed by atoms with E-state index in [0.29, 0.717) is 25.7 Å². The summed E-state index contributed by atoms with van der Waals surface area (Å²) in [5.41, 5.74) is 5.53. The molecule has 1 unspecified atom stereocenters. The quantitative estimate of drug-likeness (QED) is 0.762. The number of carbonyl (C=O) groups is 1. The second kappa shape index (κ2) is 5.59. The van der Waals surface area contributed by atoms with Gasteiger partial charge in [-0.05, 0) is 25.0 Å². The molecule has 0 aromatic carbocycles. The Hall–Kier alpha value is -0.260. The SMILES string of the molecule is COCCN(C(=O)C1(CN)CC1)C1CCSC1. The fourth-order valence-corrected chi connectivity index (χ4v) is 3.59. The zero-order valence-corrected chi connectivity index (χ0v) is 11.3. The number of rotatable bonds is 6. The Morgan fingerprint density at radius 1 is 1.59 bits per heavy atom. The van der Waals surface area contributed by atoms with Gasteiger partial charge in [0.15, 0.2) is 0 Å². The van der Waals surface area contributed by atoms with E-state index < -0.39 is 0 Å². The summed E-state index contributed by atoms with van der Waals surface area (Å²) in [6.45, 7) is 1.82. The van der Waals surface area contributed by atoms with Gasteiger partial charge in [-0.1, -0.05) is 0 Å². The molecule has 2 rings (SSSR count). The number of nitrogens with zero attached hydrogens (tertiary/aromatic N) is 1. The number of hydrogen-bond donors (Lipinski definition) is 1. The van der Waals surface area contributed by atoms with Gasteiger partial charge >= 0.3 is 0 Å². The van der Waals surface area contributed by atoms with Crippen molar-refractivity contribution < 1.29 is 9.53 Å². The van der Waals surface area contributed by atoms with Crippen LogP contribution in [0.15, 0.2) is 0 Å². The fourth-order valence-electron chi connectivity index (χ4n) is 2.37. The largest absolute Gasteiger partial charge is 0.383 e. The zero-order valence-electron chi connectivity index (χ0n) is 10.5. The summed E-state index contributed by atoms with van der Waals surface area (Å²) in [5.74, 6) is 2.50. The molecular formula is C12H22N2O2S. The van der Waals surface area contributed by atoms with Gasteiger partial charge in [-0.3, -0.25) is 4.79 Å². The molecule has 1 amide bonds. The molecule has 98 valence electrons. The van der Waals surface area contributed by atoms with Crippen LogP contribution >= 0.6 is 11.8 Å². The minimum Gasteiger partial charge on any atom is -0.383 e. The average Bonchev–Trinajstić information content (AvgIpc) is 2.98. The second-order valence-corrected chi connectivity index (χ2v) is 6.14. The summed E-state index contributed by atoms with van der Waals surface area (Å²) in [5, 5.41) is 0. The van der Waals surface area contributed by atoms with Crippen LogP contribution in [0.3, 0.4) is 0 Å². The Morgan fingerprint density at radius 3 is 2.82 bits per heavy atom. The third-order valence-corrected chi connectivity index (χ3v) is 4.99. The highest BCUT2D eigenvalue weighted by molar-refractivity contribution is 7.99. The maximum absolute atomic E-state index is 12.5. The van der Waals surface area contributed by atoms with E-state index in [9.17, 15) is 4.79 Å². The third-order valence-electron chi connectivity index (χ3n) is 3.84. The smallest absolute Gasteiger partial charge is 0.230 e. The normalized spacial score (nSPS) is 25.9. The lowest BCUT2D eigenvalue weighted by molar-refractivity contribution is -0.139. The highest BCUT2D eigenvalue weighted by atomic mass is 32.2. The molecular weight excluding hydrogens is 236 g/mol. The van der Waals surface area contributed by atoms with E-state index in [1.165, 1.54) is 0 Å². The first kappa shape index (κ1) is 13.2. The molecule has 2 aliphatic rings. The molecule has 0 aromatic rings. The number of thioether (sulfide) groups is 1. The van der Waals surface area contributed by atoms with Crippen molar-refractivity contribution in [2.45, 2.75) is 25.3 Å². The Morgan fingerprint density at radius 2 is 2.35 bits per heavy atom. The first-order valence-electron chi connectivity index (χ1n) is 6.31. The Bertz CT molecular complexity index is 276. The molecule has 1 aliphatic carbocycles. The summed E-state index contributed by atoms with van der Waals surface area (Å²) in [4.78, 5) is 14.6. The van der Waals surface area contributed by atoms with Crippen LogP contribution in [-0.4, -0.2) is 55.2 Å². The highest BCUT2D eigenvalue weighted by Gasteiger charge is 2.51. The molecule has 17 heavy (non-hydrogen) atoms. The van der Waals surface area contributed by atoms with Crippen molar-refractivity contribution in [3.63, 3.8) is 0 Å². The number of carbonyl (C=O) groups excluding carboxylic acids is 1. The van der Waals surface area contributed by atoms with Crippen molar-refractivity contribution in [3.05, 3.63) is 0 Å². The Labute approximate surface area is 107 Å². The van der Waals surface area contributed by atoms with Gasteiger partial charge in [0.05, 0.1) is 12.0 Å². The first-order valence-corrected chi connectivity index (χ1v) is 7.47. The topological polar surface area (TPSA) is 55.6 Å². The standard InChI is InChI=1S/C12H22N2O2S/c1-16-6-5-14(10-2-7-17-8-10)11(15)12(9-13)3-4-12/h10H,2-9,13H2,1H3. The summed E-state index contributed by atoms with van der Waals surface area (Å²) in [6, 6.07) is 0.395.